The van der Waals surface area contributed by atoms with Gasteiger partial charge < -0.3 is 9.30 Å². The van der Waals surface area contributed by atoms with E-state index in [4.69, 9.17) is 21.3 Å². The average molecular weight is 438 g/mol. The zero-order chi connectivity index (χ0) is 20.9. The van der Waals surface area contributed by atoms with Crippen LogP contribution in [0.15, 0.2) is 72.0 Å². The van der Waals surface area contributed by atoms with Gasteiger partial charge in [0.2, 0.25) is 0 Å². The molecule has 0 aliphatic carbocycles. The highest BCUT2D eigenvalue weighted by Crippen LogP contribution is 2.29. The maximum Gasteiger partial charge on any atom is 0.338 e. The van der Waals surface area contributed by atoms with Crippen LogP contribution in [0.1, 0.15) is 28.5 Å². The second kappa shape index (κ2) is 9.32. The summed E-state index contributed by atoms with van der Waals surface area (Å²) in [6.45, 7) is 2.72. The lowest BCUT2D eigenvalue weighted by Crippen LogP contribution is -2.05. The standard InChI is InChI=1S/C23H20ClN3O2S/c1-2-29-22(28)17-9-10-21-20(13-17)26-23(27(21)14-19-8-3-4-11-25-19)30-15-16-6-5-7-18(24)12-16/h3-13H,2,14-15H2,1H3. The number of hydrogen-bond donors (Lipinski definition) is 0. The van der Waals surface area contributed by atoms with Crippen molar-refractivity contribution in [2.75, 3.05) is 6.61 Å². The van der Waals surface area contributed by atoms with Gasteiger partial charge in [-0.25, -0.2) is 9.78 Å². The Kier molecular flexibility index (Phi) is 6.35. The quantitative estimate of drug-likeness (QED) is 0.278. The number of hydrogen-bond acceptors (Lipinski definition) is 5. The number of aromatic nitrogens is 3. The summed E-state index contributed by atoms with van der Waals surface area (Å²) >= 11 is 7.75. The summed E-state index contributed by atoms with van der Waals surface area (Å²) in [5.41, 5.74) is 4.26. The minimum atomic E-state index is -0.341. The number of carbonyl (C=O) groups excluding carboxylic acids is 1. The number of rotatable bonds is 7. The summed E-state index contributed by atoms with van der Waals surface area (Å²) in [4.78, 5) is 21.4. The molecule has 30 heavy (non-hydrogen) atoms. The predicted molar refractivity (Wildman–Crippen MR) is 120 cm³/mol. The topological polar surface area (TPSA) is 57.0 Å². The van der Waals surface area contributed by atoms with Crippen molar-refractivity contribution in [2.24, 2.45) is 0 Å². The molecule has 0 aliphatic rings. The molecular weight excluding hydrogens is 418 g/mol. The molecule has 0 spiro atoms. The van der Waals surface area contributed by atoms with Crippen LogP contribution in [0, 0.1) is 0 Å². The van der Waals surface area contributed by atoms with Crippen molar-refractivity contribution < 1.29 is 9.53 Å². The maximum atomic E-state index is 12.1. The third-order valence-corrected chi connectivity index (χ3v) is 5.81. The fourth-order valence-corrected chi connectivity index (χ4v) is 4.31. The van der Waals surface area contributed by atoms with Crippen LogP contribution in [-0.4, -0.2) is 27.1 Å². The van der Waals surface area contributed by atoms with Crippen molar-refractivity contribution in [2.45, 2.75) is 24.4 Å². The number of thioether (sulfide) groups is 1. The normalized spacial score (nSPS) is 11.0. The lowest BCUT2D eigenvalue weighted by atomic mass is 10.2. The molecule has 2 heterocycles. The van der Waals surface area contributed by atoms with Crippen molar-refractivity contribution in [3.05, 3.63) is 88.7 Å². The van der Waals surface area contributed by atoms with Gasteiger partial charge in [0.05, 0.1) is 35.4 Å². The minimum absolute atomic E-state index is 0.339. The van der Waals surface area contributed by atoms with Crippen molar-refractivity contribution >= 4 is 40.4 Å². The van der Waals surface area contributed by atoms with Crippen LogP contribution in [-0.2, 0) is 17.0 Å². The number of imidazole rings is 1. The fraction of sp³-hybridized carbons (Fsp3) is 0.174. The Bertz CT molecular complexity index is 1180. The number of pyridine rings is 1. The first kappa shape index (κ1) is 20.4. The zero-order valence-corrected chi connectivity index (χ0v) is 18.0. The van der Waals surface area contributed by atoms with E-state index in [1.165, 1.54) is 0 Å². The number of nitrogens with zero attached hydrogens (tertiary/aromatic N) is 3. The summed E-state index contributed by atoms with van der Waals surface area (Å²) in [5, 5.41) is 1.57. The Morgan fingerprint density at radius 2 is 2.03 bits per heavy atom. The Balaban J connectivity index is 1.70. The van der Waals surface area contributed by atoms with Crippen LogP contribution >= 0.6 is 23.4 Å². The zero-order valence-electron chi connectivity index (χ0n) is 16.4. The predicted octanol–water partition coefficient (Wildman–Crippen LogP) is 5.60. The smallest absolute Gasteiger partial charge is 0.338 e. The molecule has 0 radical (unpaired) electrons. The van der Waals surface area contributed by atoms with Gasteiger partial charge in [0.1, 0.15) is 0 Å². The molecule has 7 heteroatoms. The van der Waals surface area contributed by atoms with Crippen LogP contribution in [0.2, 0.25) is 5.02 Å². The van der Waals surface area contributed by atoms with Gasteiger partial charge in [-0.05, 0) is 55.0 Å². The van der Waals surface area contributed by atoms with Gasteiger partial charge in [-0.1, -0.05) is 41.6 Å². The average Bonchev–Trinajstić information content (AvgIpc) is 3.10. The monoisotopic (exact) mass is 437 g/mol. The molecule has 4 rings (SSSR count). The molecule has 4 aromatic rings. The molecule has 5 nitrogen and oxygen atoms in total. The highest BCUT2D eigenvalue weighted by molar-refractivity contribution is 7.98. The molecule has 2 aromatic carbocycles. The first-order chi connectivity index (χ1) is 14.6. The number of ether oxygens (including phenoxy) is 1. The van der Waals surface area contributed by atoms with Crippen LogP contribution in [0.3, 0.4) is 0 Å². The first-order valence-electron chi connectivity index (χ1n) is 9.58. The van der Waals surface area contributed by atoms with Gasteiger partial charge >= 0.3 is 5.97 Å². The van der Waals surface area contributed by atoms with Crippen LogP contribution in [0.25, 0.3) is 11.0 Å². The van der Waals surface area contributed by atoms with E-state index < -0.39 is 0 Å². The number of halogens is 1. The Labute approximate surface area is 184 Å². The fourth-order valence-electron chi connectivity index (χ4n) is 3.14. The molecule has 0 fully saturated rings. The van der Waals surface area contributed by atoms with Crippen LogP contribution in [0.5, 0.6) is 0 Å². The van der Waals surface area contributed by atoms with Gasteiger partial charge in [-0.3, -0.25) is 4.98 Å². The SMILES string of the molecule is CCOC(=O)c1ccc2c(c1)nc(SCc1cccc(Cl)c1)n2Cc1ccccn1. The van der Waals surface area contributed by atoms with E-state index in [2.05, 4.69) is 9.55 Å². The van der Waals surface area contributed by atoms with E-state index in [1.54, 1.807) is 37.0 Å². The molecule has 0 bridgehead atoms. The van der Waals surface area contributed by atoms with E-state index in [9.17, 15) is 4.79 Å². The Morgan fingerprint density at radius 3 is 2.80 bits per heavy atom. The molecule has 0 atom stereocenters. The van der Waals surface area contributed by atoms with Gasteiger partial charge in [0.25, 0.3) is 0 Å². The molecule has 0 saturated carbocycles. The Hall–Kier alpha value is -2.83. The molecule has 152 valence electrons. The van der Waals surface area contributed by atoms with E-state index in [-0.39, 0.29) is 5.97 Å². The highest BCUT2D eigenvalue weighted by atomic mass is 35.5. The minimum Gasteiger partial charge on any atom is -0.462 e. The molecule has 0 unspecified atom stereocenters. The van der Waals surface area contributed by atoms with Gasteiger partial charge in [0, 0.05) is 17.0 Å². The number of carbonyl (C=O) groups is 1. The number of esters is 1. The van der Waals surface area contributed by atoms with Crippen molar-refractivity contribution in [1.82, 2.24) is 14.5 Å². The third kappa shape index (κ3) is 4.66. The second-order valence-electron chi connectivity index (χ2n) is 6.64. The lowest BCUT2D eigenvalue weighted by Gasteiger charge is -2.09. The van der Waals surface area contributed by atoms with Crippen LogP contribution in [0.4, 0.5) is 0 Å². The molecule has 0 aliphatic heterocycles. The first-order valence-corrected chi connectivity index (χ1v) is 10.9. The molecule has 0 amide bonds. The number of fused-ring (bicyclic) bond motifs is 1. The molecule has 0 saturated heterocycles. The molecule has 0 N–H and O–H groups in total. The lowest BCUT2D eigenvalue weighted by molar-refractivity contribution is 0.0526. The molecular formula is C23H20ClN3O2S. The van der Waals surface area contributed by atoms with E-state index in [0.717, 1.165) is 33.2 Å². The van der Waals surface area contributed by atoms with E-state index >= 15 is 0 Å². The van der Waals surface area contributed by atoms with Crippen LogP contribution < -0.4 is 0 Å². The number of benzene rings is 2. The second-order valence-corrected chi connectivity index (χ2v) is 8.02. The summed E-state index contributed by atoms with van der Waals surface area (Å²) in [6, 6.07) is 19.2. The van der Waals surface area contributed by atoms with E-state index in [1.807, 2.05) is 48.5 Å². The summed E-state index contributed by atoms with van der Waals surface area (Å²) in [5.74, 6) is 0.392. The van der Waals surface area contributed by atoms with Crippen molar-refractivity contribution in [3.63, 3.8) is 0 Å². The van der Waals surface area contributed by atoms with Crippen molar-refractivity contribution in [3.8, 4) is 0 Å². The van der Waals surface area contributed by atoms with Gasteiger partial charge in [-0.15, -0.1) is 0 Å². The largest absolute Gasteiger partial charge is 0.462 e. The summed E-state index contributed by atoms with van der Waals surface area (Å²) < 4.78 is 7.25. The van der Waals surface area contributed by atoms with Gasteiger partial charge in [0.15, 0.2) is 5.16 Å². The third-order valence-electron chi connectivity index (χ3n) is 4.53. The molecule has 2 aromatic heterocycles. The summed E-state index contributed by atoms with van der Waals surface area (Å²) in [7, 11) is 0. The maximum absolute atomic E-state index is 12.1. The van der Waals surface area contributed by atoms with Crippen molar-refractivity contribution in [1.29, 1.82) is 0 Å². The highest BCUT2D eigenvalue weighted by Gasteiger charge is 2.15. The Morgan fingerprint density at radius 1 is 1.13 bits per heavy atom. The van der Waals surface area contributed by atoms with Gasteiger partial charge in [-0.2, -0.15) is 0 Å². The summed E-state index contributed by atoms with van der Waals surface area (Å²) in [6.07, 6.45) is 1.78. The van der Waals surface area contributed by atoms with E-state index in [0.29, 0.717) is 23.7 Å².